The Balaban J connectivity index is 1.00. The van der Waals surface area contributed by atoms with Gasteiger partial charge in [0, 0.05) is 0 Å². The fraction of sp³-hybridized carbons (Fsp3) is 0.778. The fourth-order valence-corrected chi connectivity index (χ4v) is 14.3. The van der Waals surface area contributed by atoms with Gasteiger partial charge in [-0.05, 0) is 35.4 Å². The minimum Gasteiger partial charge on any atom is -0.394 e. The predicted molar refractivity (Wildman–Crippen MR) is 292 cm³/mol. The van der Waals surface area contributed by atoms with Gasteiger partial charge in [-0.25, -0.2) is 0 Å². The first kappa shape index (κ1) is 73.2. The van der Waals surface area contributed by atoms with E-state index in [9.17, 15) is 114 Å². The van der Waals surface area contributed by atoms with Gasteiger partial charge < -0.3 is 163 Å². The van der Waals surface area contributed by atoms with Crippen molar-refractivity contribution >= 4 is 20.2 Å². The molecule has 0 saturated carbocycles. The zero-order valence-electron chi connectivity index (χ0n) is 49.3. The van der Waals surface area contributed by atoms with Crippen molar-refractivity contribution in [3.05, 3.63) is 48.5 Å². The number of aliphatic hydroxyl groups is 19. The van der Waals surface area contributed by atoms with Crippen LogP contribution in [0.1, 0.15) is 0 Å². The molecule has 2 aromatic rings. The van der Waals surface area contributed by atoms with E-state index in [4.69, 9.17) is 74.7 Å². The molecule has 19 N–H and O–H groups in total. The first-order valence-corrected chi connectivity index (χ1v) is 32.7. The second-order valence-electron chi connectivity index (χ2n) is 23.8. The van der Waals surface area contributed by atoms with Gasteiger partial charge in [-0.3, -0.25) is 8.37 Å². The minimum atomic E-state index is -4.95. The van der Waals surface area contributed by atoms with Gasteiger partial charge in [-0.2, -0.15) is 16.8 Å². The van der Waals surface area contributed by atoms with Gasteiger partial charge in [0.15, 0.2) is 44.0 Å². The van der Waals surface area contributed by atoms with Crippen molar-refractivity contribution < 1.29 is 189 Å². The molecule has 0 radical (unpaired) electrons. The first-order valence-electron chi connectivity index (χ1n) is 29.9. The number of aliphatic hydroxyl groups excluding tert-OH is 19. The molecule has 30 rings (SSSR count). The SMILES string of the molecule is O=S1(=O)OC[C@@H]2O[C@@H]3O[C@H]4[C@H](O)[C@@H](O)[C@H](O[C@H]5[C@H](O)[C@H](O)[C@@H](O[C@H]6[C@H](O)[C@H](O)[C@@H](O[C@H]7[C@H](O)[C@@H](O)[C@@H](O[C@@H]8[C@H](O)[C@H](O)[C@@H](O[C@H]9[C@@H](O)[C@@H](O)[C@@H](O[C@H]2[C@@H](O)[C@@H]3O)O[C@@H]9CO)O[C@@H]8CO)O[C@@H]7COS(=O)(=O)c2ccc(cc2)-c2ccc1cc2)O[C@H]6CO)O[C@@H]5CO)O[C@H]4CO. The van der Waals surface area contributed by atoms with Gasteiger partial charge in [0.25, 0.3) is 20.2 Å². The van der Waals surface area contributed by atoms with Crippen LogP contribution in [0.25, 0.3) is 11.1 Å². The molecule has 0 spiro atoms. The van der Waals surface area contributed by atoms with Gasteiger partial charge in [0.05, 0.1) is 56.0 Å². The summed E-state index contributed by atoms with van der Waals surface area (Å²) in [5.41, 5.74) is 0.555. The van der Waals surface area contributed by atoms with Gasteiger partial charge in [-0.1, -0.05) is 24.3 Å². The lowest BCUT2D eigenvalue weighted by Crippen LogP contribution is -2.68. The topological polar surface area (TPSA) is 600 Å². The minimum absolute atomic E-state index is 0.277. The molecule has 0 unspecified atom stereocenters. The van der Waals surface area contributed by atoms with Crippen LogP contribution in [0.2, 0.25) is 0 Å². The summed E-state index contributed by atoms with van der Waals surface area (Å²) in [5, 5.41) is 216. The van der Waals surface area contributed by atoms with Crippen molar-refractivity contribution in [1.29, 1.82) is 0 Å². The normalized spacial score (nSPS) is 49.1. The Labute approximate surface area is 537 Å². The third-order valence-corrected chi connectivity index (χ3v) is 20.4. The lowest BCUT2D eigenvalue weighted by atomic mass is 9.95. The molecule has 28 heterocycles. The van der Waals surface area contributed by atoms with E-state index < -0.39 is 291 Å². The summed E-state index contributed by atoms with van der Waals surface area (Å²) in [6.45, 7) is -8.14. The monoisotopic (exact) mass is 1410 g/mol. The van der Waals surface area contributed by atoms with Crippen LogP contribution < -0.4 is 0 Å². The first-order chi connectivity index (χ1) is 45.1. The van der Waals surface area contributed by atoms with Crippen molar-refractivity contribution in [3.8, 4) is 11.1 Å². The molecule has 35 atom stereocenters. The molecule has 20 bridgehead atoms. The van der Waals surface area contributed by atoms with Gasteiger partial charge in [0.2, 0.25) is 0 Å². The van der Waals surface area contributed by atoms with Crippen molar-refractivity contribution in [2.24, 2.45) is 0 Å². The molecular weight excluding hydrogens is 1340 g/mol. The highest BCUT2D eigenvalue weighted by molar-refractivity contribution is 7.87. The van der Waals surface area contributed by atoms with Crippen LogP contribution in [0.15, 0.2) is 58.3 Å². The second-order valence-corrected chi connectivity index (χ2v) is 27.0. The molecule has 39 nitrogen and oxygen atoms in total. The molecule has 2 aromatic carbocycles. The highest BCUT2D eigenvalue weighted by Gasteiger charge is 2.60. The fourth-order valence-electron chi connectivity index (χ4n) is 12.5. The van der Waals surface area contributed by atoms with E-state index in [2.05, 4.69) is 0 Å². The molecule has 538 valence electrons. The van der Waals surface area contributed by atoms with Crippen LogP contribution in [0.4, 0.5) is 0 Å². The van der Waals surface area contributed by atoms with Gasteiger partial charge >= 0.3 is 0 Å². The average molecular weight is 1410 g/mol. The predicted octanol–water partition coefficient (Wildman–Crippen LogP) is -12.4. The van der Waals surface area contributed by atoms with E-state index in [0.29, 0.717) is 0 Å². The molecule has 0 amide bonds. The van der Waals surface area contributed by atoms with Crippen molar-refractivity contribution in [1.82, 2.24) is 0 Å². The number of fused-ring (bicyclic) bond motifs is 1. The smallest absolute Gasteiger partial charge is 0.297 e. The van der Waals surface area contributed by atoms with Crippen LogP contribution in [-0.4, -0.2) is 375 Å². The lowest BCUT2D eigenvalue weighted by molar-refractivity contribution is -0.396. The second kappa shape index (κ2) is 29.9. The van der Waals surface area contributed by atoms with Crippen LogP contribution >= 0.6 is 0 Å². The zero-order valence-corrected chi connectivity index (χ0v) is 50.9. The van der Waals surface area contributed by atoms with Crippen LogP contribution in [0.3, 0.4) is 0 Å². The van der Waals surface area contributed by atoms with E-state index in [-0.39, 0.29) is 11.1 Å². The summed E-state index contributed by atoms with van der Waals surface area (Å²) in [6.07, 6.45) is -76.0. The Kier molecular flexibility index (Phi) is 23.0. The summed E-state index contributed by atoms with van der Waals surface area (Å²) >= 11 is 0. The molecule has 28 aliphatic rings. The third kappa shape index (κ3) is 14.5. The molecule has 0 aliphatic carbocycles. The third-order valence-electron chi connectivity index (χ3n) is 17.8. The van der Waals surface area contributed by atoms with E-state index in [1.54, 1.807) is 0 Å². The highest BCUT2D eigenvalue weighted by atomic mass is 32.2. The average Bonchev–Trinajstić information content (AvgIpc) is 0.792. The highest BCUT2D eigenvalue weighted by Crippen LogP contribution is 2.40. The summed E-state index contributed by atoms with van der Waals surface area (Å²) in [6, 6.07) is 9.40. The summed E-state index contributed by atoms with van der Waals surface area (Å²) < 4.78 is 149. The Morgan fingerprint density at radius 3 is 0.663 bits per heavy atom. The maximum atomic E-state index is 14.0. The van der Waals surface area contributed by atoms with Crippen LogP contribution in [0.5, 0.6) is 0 Å². The molecule has 0 aromatic heterocycles. The number of hydrogen-bond donors (Lipinski definition) is 19. The van der Waals surface area contributed by atoms with Crippen LogP contribution in [-0.2, 0) is 94.9 Å². The lowest BCUT2D eigenvalue weighted by Gasteiger charge is -2.50. The van der Waals surface area contributed by atoms with Gasteiger partial charge in [0.1, 0.15) is 171 Å². The van der Waals surface area contributed by atoms with Crippen molar-refractivity contribution in [2.45, 2.75) is 225 Å². The van der Waals surface area contributed by atoms with Crippen LogP contribution in [0, 0.1) is 0 Å². The largest absolute Gasteiger partial charge is 0.394 e. The Morgan fingerprint density at radius 1 is 0.263 bits per heavy atom. The molecule has 41 heteroatoms. The molecule has 28 aliphatic heterocycles. The molecule has 15 fully saturated rings. The van der Waals surface area contributed by atoms with E-state index in [1.807, 2.05) is 0 Å². The van der Waals surface area contributed by atoms with E-state index >= 15 is 0 Å². The van der Waals surface area contributed by atoms with E-state index in [1.165, 1.54) is 24.3 Å². The van der Waals surface area contributed by atoms with E-state index in [0.717, 1.165) is 24.3 Å². The Bertz CT molecular complexity index is 3060. The van der Waals surface area contributed by atoms with Gasteiger partial charge in [-0.15, -0.1) is 0 Å². The number of benzene rings is 2. The Hall–Kier alpha value is -3.06. The quantitative estimate of drug-likeness (QED) is 0.124. The van der Waals surface area contributed by atoms with Crippen molar-refractivity contribution in [2.75, 3.05) is 46.2 Å². The molecular formula is C54H76O39S2. The number of ether oxygens (including phenoxy) is 14. The van der Waals surface area contributed by atoms with Crippen molar-refractivity contribution in [3.63, 3.8) is 0 Å². The Morgan fingerprint density at radius 2 is 0.453 bits per heavy atom. The molecule has 95 heavy (non-hydrogen) atoms. The summed E-state index contributed by atoms with van der Waals surface area (Å²) in [4.78, 5) is -1.07. The summed E-state index contributed by atoms with van der Waals surface area (Å²) in [7, 11) is -9.89. The zero-order chi connectivity index (χ0) is 68.4. The maximum Gasteiger partial charge on any atom is 0.297 e. The standard InChI is InChI=1S/C54H76O39S2/c55-9-20-41-27(60)34(67)48(80-20)88-42-21(10-56)83-51(37(70)30(42)63)92-46-25-14-78-94(74,75)18-5-1-16(2-6-18)17-3-7-19(8-4-17)95(76,77)79-15-26-47(32(65)39(72)53(85-26)90-44-23(12-58)81-49(87-41)35(68)28(44)61)93-52-38(71)31(64)43(22(11-57)84-52)89-50-36(69)29(62)45(24(13-59)82-50)91-54(86-25)40(73)33(46)66/h1-8,20-73H,9-15H2/t20-,21+,22-,23+,24-,25-,26+,27-,28-,29-,30-,31+,32+,33-,34+,35-,36+,37+,38-,39+,40-,41-,42-,43-,44-,45+,46-,47-,48-,49+,50-,51-,52-,53-,54-/m1/s1. The molecule has 15 saturated heterocycles. The number of hydrogen-bond acceptors (Lipinski definition) is 39. The maximum absolute atomic E-state index is 14.0. The summed E-state index contributed by atoms with van der Waals surface area (Å²) in [5.74, 6) is 0. The number of rotatable bonds is 5.